The lowest BCUT2D eigenvalue weighted by Crippen LogP contribution is -2.53. The van der Waals surface area contributed by atoms with Crippen LogP contribution in [0.2, 0.25) is 0 Å². The van der Waals surface area contributed by atoms with Crippen molar-refractivity contribution in [1.82, 2.24) is 20.1 Å². The zero-order valence-corrected chi connectivity index (χ0v) is 10.9. The highest BCUT2D eigenvalue weighted by Gasteiger charge is 2.19. The van der Waals surface area contributed by atoms with Gasteiger partial charge in [0.2, 0.25) is 0 Å². The van der Waals surface area contributed by atoms with Crippen molar-refractivity contribution in [3.8, 4) is 0 Å². The van der Waals surface area contributed by atoms with E-state index in [1.165, 1.54) is 5.69 Å². The molecular formula is C13H24N4. The molecule has 4 heteroatoms. The van der Waals surface area contributed by atoms with Crippen LogP contribution in [0, 0.1) is 0 Å². The summed E-state index contributed by atoms with van der Waals surface area (Å²) in [5.74, 6) is 0. The number of aromatic nitrogens is 1. The fourth-order valence-electron chi connectivity index (χ4n) is 2.35. The highest BCUT2D eigenvalue weighted by molar-refractivity contribution is 5.03. The summed E-state index contributed by atoms with van der Waals surface area (Å²) in [6, 6.07) is 4.87. The molecule has 1 saturated heterocycles. The minimum atomic E-state index is 0.650. The van der Waals surface area contributed by atoms with E-state index in [1.54, 1.807) is 0 Å². The lowest BCUT2D eigenvalue weighted by Gasteiger charge is -2.35. The Hall–Kier alpha value is -0.840. The van der Waals surface area contributed by atoms with Gasteiger partial charge in [-0.05, 0) is 26.2 Å². The first-order valence-corrected chi connectivity index (χ1v) is 6.47. The summed E-state index contributed by atoms with van der Waals surface area (Å²) >= 11 is 0. The summed E-state index contributed by atoms with van der Waals surface area (Å²) < 4.78 is 0. The second kappa shape index (κ2) is 6.19. The van der Waals surface area contributed by atoms with Crippen LogP contribution in [0.1, 0.15) is 5.69 Å². The molecule has 2 N–H and O–H groups in total. The van der Waals surface area contributed by atoms with Crippen molar-refractivity contribution in [1.29, 1.82) is 0 Å². The first kappa shape index (κ1) is 12.6. The maximum absolute atomic E-state index is 3.47. The first-order valence-electron chi connectivity index (χ1n) is 6.47. The lowest BCUT2D eigenvalue weighted by molar-refractivity contribution is 0.153. The average Bonchev–Trinajstić information content (AvgIpc) is 2.82. The Bertz CT molecular complexity index is 309. The molecule has 2 heterocycles. The summed E-state index contributed by atoms with van der Waals surface area (Å²) in [5.41, 5.74) is 1.33. The zero-order chi connectivity index (χ0) is 12.1. The maximum Gasteiger partial charge on any atom is 0.0345 e. The van der Waals surface area contributed by atoms with Crippen LogP contribution in [0.15, 0.2) is 18.3 Å². The van der Waals surface area contributed by atoms with Crippen molar-refractivity contribution >= 4 is 0 Å². The van der Waals surface area contributed by atoms with Gasteiger partial charge in [0.1, 0.15) is 0 Å². The van der Waals surface area contributed by atoms with Crippen LogP contribution < -0.4 is 5.32 Å². The van der Waals surface area contributed by atoms with Crippen LogP contribution in [0.5, 0.6) is 0 Å². The predicted molar refractivity (Wildman–Crippen MR) is 71.3 cm³/mol. The number of likely N-dealkylation sites (N-methyl/N-ethyl adjacent to an activating group) is 2. The van der Waals surface area contributed by atoms with Crippen LogP contribution in [0.3, 0.4) is 0 Å². The van der Waals surface area contributed by atoms with Crippen molar-refractivity contribution in [3.63, 3.8) is 0 Å². The smallest absolute Gasteiger partial charge is 0.0345 e. The second-order valence-electron chi connectivity index (χ2n) is 5.05. The van der Waals surface area contributed by atoms with Gasteiger partial charge in [0, 0.05) is 57.1 Å². The third kappa shape index (κ3) is 3.84. The van der Waals surface area contributed by atoms with E-state index in [9.17, 15) is 0 Å². The molecule has 1 aromatic heterocycles. The van der Waals surface area contributed by atoms with Crippen molar-refractivity contribution in [2.24, 2.45) is 0 Å². The third-order valence-corrected chi connectivity index (χ3v) is 3.59. The molecule has 0 aliphatic carbocycles. The number of hydrogen-bond donors (Lipinski definition) is 2. The van der Waals surface area contributed by atoms with Gasteiger partial charge >= 0.3 is 0 Å². The second-order valence-corrected chi connectivity index (χ2v) is 5.05. The van der Waals surface area contributed by atoms with Crippen LogP contribution >= 0.6 is 0 Å². The normalized spacial score (nSPS) is 22.2. The van der Waals surface area contributed by atoms with Crippen LogP contribution in [0.25, 0.3) is 0 Å². The summed E-state index contributed by atoms with van der Waals surface area (Å²) in [7, 11) is 4.44. The monoisotopic (exact) mass is 236 g/mol. The number of rotatable bonds is 5. The van der Waals surface area contributed by atoms with E-state index in [2.05, 4.69) is 46.3 Å². The largest absolute Gasteiger partial charge is 0.365 e. The number of aromatic amines is 1. The highest BCUT2D eigenvalue weighted by atomic mass is 15.2. The summed E-state index contributed by atoms with van der Waals surface area (Å²) in [5, 5.41) is 3.47. The molecule has 0 amide bonds. The number of hydrogen-bond acceptors (Lipinski definition) is 3. The van der Waals surface area contributed by atoms with E-state index in [0.717, 1.165) is 39.1 Å². The van der Waals surface area contributed by atoms with Gasteiger partial charge in [-0.1, -0.05) is 0 Å². The van der Waals surface area contributed by atoms with E-state index < -0.39 is 0 Å². The molecule has 1 fully saturated rings. The molecule has 1 aliphatic rings. The van der Waals surface area contributed by atoms with Gasteiger partial charge in [0.25, 0.3) is 0 Å². The molecule has 0 saturated carbocycles. The highest BCUT2D eigenvalue weighted by Crippen LogP contribution is 2.03. The molecule has 17 heavy (non-hydrogen) atoms. The van der Waals surface area contributed by atoms with Gasteiger partial charge in [0.15, 0.2) is 0 Å². The van der Waals surface area contributed by atoms with Gasteiger partial charge in [-0.3, -0.25) is 4.90 Å². The molecule has 0 aromatic carbocycles. The molecule has 1 aliphatic heterocycles. The molecule has 0 radical (unpaired) electrons. The van der Waals surface area contributed by atoms with E-state index >= 15 is 0 Å². The number of piperazine rings is 1. The summed E-state index contributed by atoms with van der Waals surface area (Å²) in [4.78, 5) is 8.14. The molecular weight excluding hydrogens is 212 g/mol. The maximum atomic E-state index is 3.47. The van der Waals surface area contributed by atoms with Gasteiger partial charge in [0.05, 0.1) is 0 Å². The Balaban J connectivity index is 1.71. The Morgan fingerprint density at radius 1 is 1.53 bits per heavy atom. The molecule has 4 nitrogen and oxygen atoms in total. The Labute approximate surface area is 104 Å². The van der Waals surface area contributed by atoms with Gasteiger partial charge in [-0.2, -0.15) is 0 Å². The van der Waals surface area contributed by atoms with Crippen molar-refractivity contribution in [2.75, 3.05) is 46.8 Å². The average molecular weight is 236 g/mol. The molecule has 2 rings (SSSR count). The summed E-state index contributed by atoms with van der Waals surface area (Å²) in [6.07, 6.45) is 3.10. The van der Waals surface area contributed by atoms with Gasteiger partial charge in [-0.15, -0.1) is 0 Å². The fraction of sp³-hybridized carbons (Fsp3) is 0.692. The molecule has 1 atom stereocenters. The van der Waals surface area contributed by atoms with E-state index in [1.807, 2.05) is 6.20 Å². The van der Waals surface area contributed by atoms with Crippen molar-refractivity contribution in [3.05, 3.63) is 24.0 Å². The molecule has 1 unspecified atom stereocenters. The minimum absolute atomic E-state index is 0.650. The minimum Gasteiger partial charge on any atom is -0.365 e. The Morgan fingerprint density at radius 3 is 3.12 bits per heavy atom. The van der Waals surface area contributed by atoms with E-state index in [4.69, 9.17) is 0 Å². The lowest BCUT2D eigenvalue weighted by atomic mass is 10.2. The molecule has 96 valence electrons. The molecule has 0 bridgehead atoms. The SMILES string of the molecule is CN(CCc1ccc[nH]1)CC1CNCCN1C. The van der Waals surface area contributed by atoms with Crippen molar-refractivity contribution in [2.45, 2.75) is 12.5 Å². The van der Waals surface area contributed by atoms with Crippen LogP contribution in [0.4, 0.5) is 0 Å². The third-order valence-electron chi connectivity index (χ3n) is 3.59. The number of nitrogens with zero attached hydrogens (tertiary/aromatic N) is 2. The van der Waals surface area contributed by atoms with E-state index in [-0.39, 0.29) is 0 Å². The van der Waals surface area contributed by atoms with Crippen LogP contribution in [-0.2, 0) is 6.42 Å². The van der Waals surface area contributed by atoms with Crippen molar-refractivity contribution < 1.29 is 0 Å². The summed E-state index contributed by atoms with van der Waals surface area (Å²) in [6.45, 7) is 5.66. The first-order chi connectivity index (χ1) is 8.25. The molecule has 1 aromatic rings. The zero-order valence-electron chi connectivity index (χ0n) is 10.9. The topological polar surface area (TPSA) is 34.3 Å². The van der Waals surface area contributed by atoms with Crippen LogP contribution in [-0.4, -0.2) is 67.6 Å². The molecule has 0 spiro atoms. The Morgan fingerprint density at radius 2 is 2.41 bits per heavy atom. The van der Waals surface area contributed by atoms with Gasteiger partial charge in [-0.25, -0.2) is 0 Å². The number of nitrogens with one attached hydrogen (secondary N) is 2. The van der Waals surface area contributed by atoms with Gasteiger partial charge < -0.3 is 15.2 Å². The quantitative estimate of drug-likeness (QED) is 0.776. The Kier molecular flexibility index (Phi) is 4.59. The van der Waals surface area contributed by atoms with E-state index in [0.29, 0.717) is 6.04 Å². The fourth-order valence-corrected chi connectivity index (χ4v) is 2.35. The number of H-pyrrole nitrogens is 1. The standard InChI is InChI=1S/C13H24N4/c1-16(8-5-12-4-3-6-15-12)11-13-10-14-7-9-17(13)2/h3-4,6,13-15H,5,7-11H2,1-2H3. The predicted octanol–water partition coefficient (Wildman–Crippen LogP) is 0.393.